The van der Waals surface area contributed by atoms with Gasteiger partial charge in [0, 0.05) is 19.5 Å². The minimum Gasteiger partial charge on any atom is -0.314 e. The highest BCUT2D eigenvalue weighted by Gasteiger charge is 2.23. The largest absolute Gasteiger partial charge is 0.314 e. The number of hydrogen-bond donors (Lipinski definition) is 1. The summed E-state index contributed by atoms with van der Waals surface area (Å²) in [5.74, 6) is 1.06. The van der Waals surface area contributed by atoms with Gasteiger partial charge in [-0.15, -0.1) is 0 Å². The molecule has 0 amide bonds. The first-order valence-electron chi connectivity index (χ1n) is 6.01. The minimum atomic E-state index is 0.286. The van der Waals surface area contributed by atoms with Crippen molar-refractivity contribution in [3.8, 4) is 0 Å². The number of hydrogen-bond acceptors (Lipinski definition) is 3. The summed E-state index contributed by atoms with van der Waals surface area (Å²) in [6, 6.07) is 0.522. The molecular formula is C12H24N4. The predicted molar refractivity (Wildman–Crippen MR) is 66.2 cm³/mol. The number of aromatic nitrogens is 3. The zero-order valence-corrected chi connectivity index (χ0v) is 11.1. The van der Waals surface area contributed by atoms with Crippen molar-refractivity contribution in [3.05, 3.63) is 12.2 Å². The summed E-state index contributed by atoms with van der Waals surface area (Å²) in [4.78, 5) is 4.25. The van der Waals surface area contributed by atoms with Gasteiger partial charge in [-0.1, -0.05) is 27.7 Å². The Bertz CT molecular complexity index is 311. The van der Waals surface area contributed by atoms with E-state index in [-0.39, 0.29) is 5.41 Å². The molecule has 1 heterocycles. The maximum absolute atomic E-state index is 4.25. The van der Waals surface area contributed by atoms with Crippen molar-refractivity contribution in [1.82, 2.24) is 20.1 Å². The topological polar surface area (TPSA) is 42.7 Å². The van der Waals surface area contributed by atoms with Gasteiger partial charge in [0.15, 0.2) is 0 Å². The fourth-order valence-corrected chi connectivity index (χ4v) is 1.91. The molecule has 0 saturated carbocycles. The van der Waals surface area contributed by atoms with Crippen LogP contribution in [0.25, 0.3) is 0 Å². The molecule has 0 radical (unpaired) electrons. The second kappa shape index (κ2) is 5.43. The Kier molecular flexibility index (Phi) is 4.47. The molecule has 1 atom stereocenters. The number of aryl methyl sites for hydroxylation is 2. The van der Waals surface area contributed by atoms with Gasteiger partial charge >= 0.3 is 0 Å². The third-order valence-corrected chi connectivity index (χ3v) is 2.96. The fourth-order valence-electron chi connectivity index (χ4n) is 1.91. The third-order valence-electron chi connectivity index (χ3n) is 2.96. The standard InChI is InChI=1S/C12H24N4/c1-6-13-10(12(2,3)4)7-8-11-14-9-15-16(11)5/h9-10,13H,6-8H2,1-5H3. The average Bonchev–Trinajstić information content (AvgIpc) is 2.57. The van der Waals surface area contributed by atoms with Crippen LogP contribution < -0.4 is 5.32 Å². The lowest BCUT2D eigenvalue weighted by Crippen LogP contribution is -2.40. The van der Waals surface area contributed by atoms with Crippen molar-refractivity contribution in [3.63, 3.8) is 0 Å². The molecule has 0 aliphatic rings. The molecule has 4 nitrogen and oxygen atoms in total. The summed E-state index contributed by atoms with van der Waals surface area (Å²) in [6.45, 7) is 9.99. The van der Waals surface area contributed by atoms with E-state index in [2.05, 4.69) is 43.1 Å². The molecule has 1 rings (SSSR count). The molecule has 0 bridgehead atoms. The van der Waals surface area contributed by atoms with Gasteiger partial charge < -0.3 is 5.32 Å². The number of nitrogens with zero attached hydrogens (tertiary/aromatic N) is 3. The predicted octanol–water partition coefficient (Wildman–Crippen LogP) is 1.77. The van der Waals surface area contributed by atoms with E-state index in [1.54, 1.807) is 6.33 Å². The lowest BCUT2D eigenvalue weighted by molar-refractivity contribution is 0.257. The van der Waals surface area contributed by atoms with Gasteiger partial charge in [-0.2, -0.15) is 5.10 Å². The van der Waals surface area contributed by atoms with Gasteiger partial charge in [0.25, 0.3) is 0 Å². The van der Waals surface area contributed by atoms with E-state index in [1.807, 2.05) is 11.7 Å². The molecule has 0 saturated heterocycles. The second-order valence-electron chi connectivity index (χ2n) is 5.31. The lowest BCUT2D eigenvalue weighted by atomic mass is 9.84. The van der Waals surface area contributed by atoms with Gasteiger partial charge in [-0.3, -0.25) is 4.68 Å². The molecule has 4 heteroatoms. The maximum atomic E-state index is 4.25. The van der Waals surface area contributed by atoms with Gasteiger partial charge in [0.1, 0.15) is 12.2 Å². The number of nitrogens with one attached hydrogen (secondary N) is 1. The molecule has 1 unspecified atom stereocenters. The smallest absolute Gasteiger partial charge is 0.138 e. The SMILES string of the molecule is CCNC(CCc1ncnn1C)C(C)(C)C. The van der Waals surface area contributed by atoms with E-state index < -0.39 is 0 Å². The van der Waals surface area contributed by atoms with E-state index in [1.165, 1.54) is 0 Å². The molecule has 1 aromatic rings. The Balaban J connectivity index is 2.54. The Morgan fingerprint density at radius 2 is 2.12 bits per heavy atom. The molecule has 1 N–H and O–H groups in total. The summed E-state index contributed by atoms with van der Waals surface area (Å²) >= 11 is 0. The third kappa shape index (κ3) is 3.59. The summed E-state index contributed by atoms with van der Waals surface area (Å²) in [5.41, 5.74) is 0.286. The van der Waals surface area contributed by atoms with Crippen LogP contribution in [0.4, 0.5) is 0 Å². The molecule has 0 aliphatic heterocycles. The minimum absolute atomic E-state index is 0.286. The van der Waals surface area contributed by atoms with Gasteiger partial charge in [0.05, 0.1) is 0 Å². The molecule has 92 valence electrons. The van der Waals surface area contributed by atoms with E-state index in [0.717, 1.165) is 25.2 Å². The zero-order valence-electron chi connectivity index (χ0n) is 11.1. The molecular weight excluding hydrogens is 200 g/mol. The van der Waals surface area contributed by atoms with E-state index in [4.69, 9.17) is 0 Å². The van der Waals surface area contributed by atoms with Crippen LogP contribution in [0.2, 0.25) is 0 Å². The van der Waals surface area contributed by atoms with Crippen LogP contribution in [0, 0.1) is 5.41 Å². The van der Waals surface area contributed by atoms with Gasteiger partial charge in [-0.05, 0) is 18.4 Å². The average molecular weight is 224 g/mol. The summed E-state index contributed by atoms with van der Waals surface area (Å²) in [5, 5.41) is 7.63. The van der Waals surface area contributed by atoms with Crippen molar-refractivity contribution in [2.75, 3.05) is 6.54 Å². The molecule has 0 aliphatic carbocycles. The molecule has 0 spiro atoms. The van der Waals surface area contributed by atoms with Crippen LogP contribution in [0.1, 0.15) is 39.9 Å². The maximum Gasteiger partial charge on any atom is 0.138 e. The van der Waals surface area contributed by atoms with Crippen LogP contribution in [0.15, 0.2) is 6.33 Å². The Labute approximate surface area is 98.5 Å². The first kappa shape index (κ1) is 13.2. The molecule has 1 aromatic heterocycles. The van der Waals surface area contributed by atoms with Crippen LogP contribution >= 0.6 is 0 Å². The van der Waals surface area contributed by atoms with Crippen molar-refractivity contribution < 1.29 is 0 Å². The molecule has 0 aromatic carbocycles. The summed E-state index contributed by atoms with van der Waals surface area (Å²) < 4.78 is 1.85. The Morgan fingerprint density at radius 3 is 2.56 bits per heavy atom. The fraction of sp³-hybridized carbons (Fsp3) is 0.833. The van der Waals surface area contributed by atoms with Crippen molar-refractivity contribution >= 4 is 0 Å². The van der Waals surface area contributed by atoms with Crippen molar-refractivity contribution in [2.24, 2.45) is 12.5 Å². The summed E-state index contributed by atoms with van der Waals surface area (Å²) in [7, 11) is 1.95. The molecule has 0 fully saturated rings. The first-order chi connectivity index (χ1) is 7.45. The monoisotopic (exact) mass is 224 g/mol. The quantitative estimate of drug-likeness (QED) is 0.829. The summed E-state index contributed by atoms with van der Waals surface area (Å²) in [6.07, 6.45) is 3.70. The van der Waals surface area contributed by atoms with E-state index in [0.29, 0.717) is 6.04 Å². The van der Waals surface area contributed by atoms with Gasteiger partial charge in [-0.25, -0.2) is 4.98 Å². The Hall–Kier alpha value is -0.900. The highest BCUT2D eigenvalue weighted by molar-refractivity contribution is 4.88. The van der Waals surface area contributed by atoms with Crippen LogP contribution in [-0.2, 0) is 13.5 Å². The normalized spacial score (nSPS) is 14.1. The highest BCUT2D eigenvalue weighted by Crippen LogP contribution is 2.22. The van der Waals surface area contributed by atoms with Gasteiger partial charge in [0.2, 0.25) is 0 Å². The highest BCUT2D eigenvalue weighted by atomic mass is 15.3. The Morgan fingerprint density at radius 1 is 1.44 bits per heavy atom. The number of rotatable bonds is 5. The molecule has 16 heavy (non-hydrogen) atoms. The van der Waals surface area contributed by atoms with Crippen molar-refractivity contribution in [1.29, 1.82) is 0 Å². The van der Waals surface area contributed by atoms with Crippen LogP contribution in [-0.4, -0.2) is 27.4 Å². The van der Waals surface area contributed by atoms with Crippen LogP contribution in [0.5, 0.6) is 0 Å². The van der Waals surface area contributed by atoms with Crippen LogP contribution in [0.3, 0.4) is 0 Å². The van der Waals surface area contributed by atoms with E-state index in [9.17, 15) is 0 Å². The van der Waals surface area contributed by atoms with Crippen molar-refractivity contribution in [2.45, 2.75) is 46.6 Å². The second-order valence-corrected chi connectivity index (χ2v) is 5.31. The lowest BCUT2D eigenvalue weighted by Gasteiger charge is -2.31. The first-order valence-corrected chi connectivity index (χ1v) is 6.01. The zero-order chi connectivity index (χ0) is 12.2. The van der Waals surface area contributed by atoms with E-state index >= 15 is 0 Å².